The quantitative estimate of drug-likeness (QED) is 0.458. The summed E-state index contributed by atoms with van der Waals surface area (Å²) in [6.07, 6.45) is 5.95. The van der Waals surface area contributed by atoms with E-state index in [-0.39, 0.29) is 12.5 Å². The van der Waals surface area contributed by atoms with Crippen molar-refractivity contribution in [1.29, 1.82) is 0 Å². The van der Waals surface area contributed by atoms with E-state index in [2.05, 4.69) is 48.8 Å². The van der Waals surface area contributed by atoms with E-state index in [0.717, 1.165) is 17.4 Å². The van der Waals surface area contributed by atoms with Gasteiger partial charge in [-0.25, -0.2) is 27.9 Å². The fraction of sp³-hybridized carbons (Fsp3) is 0.222. The van der Waals surface area contributed by atoms with Crippen molar-refractivity contribution >= 4 is 45.8 Å². The van der Waals surface area contributed by atoms with Crippen LogP contribution >= 0.6 is 0 Å². The van der Waals surface area contributed by atoms with Crippen LogP contribution in [0.2, 0.25) is 0 Å². The number of urea groups is 1. The molecule has 2 aromatic heterocycles. The number of rotatable bonds is 9. The number of aryl methyl sites for hydroxylation is 1. The van der Waals surface area contributed by atoms with Gasteiger partial charge in [-0.15, -0.1) is 0 Å². The van der Waals surface area contributed by atoms with E-state index < -0.39 is 16.1 Å². The Morgan fingerprint density at radius 1 is 1.07 bits per heavy atom. The number of carbonyl (C=O) groups is 1. The van der Waals surface area contributed by atoms with Crippen LogP contribution in [0.15, 0.2) is 31.5 Å². The summed E-state index contributed by atoms with van der Waals surface area (Å²) in [5.41, 5.74) is 2.21. The number of hydrogen-bond donors (Lipinski definition) is 4. The molecule has 0 aliphatic heterocycles. The monoisotopic (exact) mass is 417 g/mol. The number of nitrogens with zero attached hydrogens (tertiary/aromatic N) is 3. The Morgan fingerprint density at radius 3 is 2.45 bits per heavy atom. The zero-order valence-electron chi connectivity index (χ0n) is 16.2. The maximum Gasteiger partial charge on any atom is 0.327 e. The van der Waals surface area contributed by atoms with Crippen molar-refractivity contribution in [2.24, 2.45) is 0 Å². The molecule has 10 nitrogen and oxygen atoms in total. The lowest BCUT2D eigenvalue weighted by molar-refractivity contribution is 0.262. The highest BCUT2D eigenvalue weighted by atomic mass is 32.2. The van der Waals surface area contributed by atoms with Crippen LogP contribution in [0.4, 0.5) is 22.4 Å². The molecular formula is C18H23N7O3S. The highest BCUT2D eigenvalue weighted by Gasteiger charge is 2.09. The van der Waals surface area contributed by atoms with Crippen LogP contribution in [-0.2, 0) is 10.0 Å². The summed E-state index contributed by atoms with van der Waals surface area (Å²) in [5.74, 6) is 0.874. The van der Waals surface area contributed by atoms with Gasteiger partial charge in [0.25, 0.3) is 0 Å². The van der Waals surface area contributed by atoms with E-state index in [1.54, 1.807) is 37.4 Å². The Labute approximate surface area is 169 Å². The van der Waals surface area contributed by atoms with Crippen molar-refractivity contribution in [1.82, 2.24) is 19.7 Å². The molecule has 4 N–H and O–H groups in total. The lowest BCUT2D eigenvalue weighted by Gasteiger charge is -2.10. The maximum atomic E-state index is 12.2. The number of aromatic nitrogens is 3. The molecule has 0 spiro atoms. The number of pyridine rings is 1. The fourth-order valence-corrected chi connectivity index (χ4v) is 2.76. The van der Waals surface area contributed by atoms with Gasteiger partial charge in [-0.3, -0.25) is 10.6 Å². The zero-order chi connectivity index (χ0) is 21.4. The van der Waals surface area contributed by atoms with Crippen LogP contribution in [0.1, 0.15) is 16.8 Å². The van der Waals surface area contributed by atoms with Crippen LogP contribution < -0.4 is 20.7 Å². The third-order valence-corrected chi connectivity index (χ3v) is 4.25. The van der Waals surface area contributed by atoms with Gasteiger partial charge >= 0.3 is 6.03 Å². The molecule has 0 radical (unpaired) electrons. The Hall–Kier alpha value is -3.31. The lowest BCUT2D eigenvalue weighted by Crippen LogP contribution is -2.28. The molecule has 0 saturated carbocycles. The molecule has 154 valence electrons. The first-order chi connectivity index (χ1) is 13.7. The Morgan fingerprint density at radius 2 is 1.79 bits per heavy atom. The summed E-state index contributed by atoms with van der Waals surface area (Å²) in [4.78, 5) is 24.7. The molecule has 2 amide bonds. The van der Waals surface area contributed by atoms with Crippen molar-refractivity contribution in [2.45, 2.75) is 6.92 Å². The minimum Gasteiger partial charge on any atom is -0.369 e. The first-order valence-corrected chi connectivity index (χ1v) is 10.5. The van der Waals surface area contributed by atoms with Gasteiger partial charge in [0.05, 0.1) is 6.26 Å². The molecule has 2 heterocycles. The van der Waals surface area contributed by atoms with Crippen LogP contribution in [0, 0.1) is 6.92 Å². The normalized spacial score (nSPS) is 10.8. The summed E-state index contributed by atoms with van der Waals surface area (Å²) in [5, 5.41) is 8.11. The molecule has 0 fully saturated rings. The Balaban J connectivity index is 2.00. The van der Waals surface area contributed by atoms with Gasteiger partial charge in [-0.2, -0.15) is 4.98 Å². The number of hydrogen-bond acceptors (Lipinski definition) is 7. The highest BCUT2D eigenvalue weighted by molar-refractivity contribution is 7.88. The number of nitrogens with one attached hydrogen (secondary N) is 4. The third kappa shape index (κ3) is 7.31. The molecule has 29 heavy (non-hydrogen) atoms. The predicted molar refractivity (Wildman–Crippen MR) is 115 cm³/mol. The van der Waals surface area contributed by atoms with Gasteiger partial charge in [-0.1, -0.05) is 25.3 Å². The van der Waals surface area contributed by atoms with E-state index in [9.17, 15) is 13.2 Å². The van der Waals surface area contributed by atoms with E-state index in [1.165, 1.54) is 0 Å². The molecule has 0 aliphatic carbocycles. The number of sulfonamides is 1. The fourth-order valence-electron chi connectivity index (χ4n) is 2.29. The average Bonchev–Trinajstić information content (AvgIpc) is 2.63. The molecule has 0 aliphatic rings. The number of amides is 2. The maximum absolute atomic E-state index is 12.2. The van der Waals surface area contributed by atoms with E-state index >= 15 is 0 Å². The second-order valence-electron chi connectivity index (χ2n) is 6.00. The van der Waals surface area contributed by atoms with E-state index in [0.29, 0.717) is 23.9 Å². The second kappa shape index (κ2) is 9.75. The minimum atomic E-state index is -3.26. The smallest absolute Gasteiger partial charge is 0.327 e. The summed E-state index contributed by atoms with van der Waals surface area (Å²) in [6.45, 7) is 9.68. The zero-order valence-corrected chi connectivity index (χ0v) is 17.0. The van der Waals surface area contributed by atoms with Crippen molar-refractivity contribution in [3.8, 4) is 0 Å². The van der Waals surface area contributed by atoms with Crippen LogP contribution in [0.25, 0.3) is 12.2 Å². The van der Waals surface area contributed by atoms with Gasteiger partial charge in [0, 0.05) is 31.0 Å². The second-order valence-corrected chi connectivity index (χ2v) is 7.83. The van der Waals surface area contributed by atoms with Crippen LogP contribution in [0.3, 0.4) is 0 Å². The summed E-state index contributed by atoms with van der Waals surface area (Å²) >= 11 is 0. The van der Waals surface area contributed by atoms with Gasteiger partial charge in [-0.05, 0) is 24.1 Å². The first-order valence-electron chi connectivity index (χ1n) is 8.57. The van der Waals surface area contributed by atoms with Gasteiger partial charge in [0.2, 0.25) is 16.0 Å². The largest absolute Gasteiger partial charge is 0.369 e. The van der Waals surface area contributed by atoms with Gasteiger partial charge in [0.15, 0.2) is 0 Å². The summed E-state index contributed by atoms with van der Waals surface area (Å²) in [7, 11) is -3.26. The first kappa shape index (κ1) is 22.0. The van der Waals surface area contributed by atoms with Crippen LogP contribution in [0.5, 0.6) is 0 Å². The number of anilines is 3. The SMILES string of the molecule is C=Cc1cnc(NC(=O)Nc2nc(C)cc(NCCNS(C)(=O)=O)n2)cc1C=C. The van der Waals surface area contributed by atoms with E-state index in [1.807, 2.05) is 0 Å². The summed E-state index contributed by atoms with van der Waals surface area (Å²) in [6, 6.07) is 2.78. The van der Waals surface area contributed by atoms with Crippen LogP contribution in [-0.4, -0.2) is 48.7 Å². The van der Waals surface area contributed by atoms with Gasteiger partial charge in [0.1, 0.15) is 11.6 Å². The van der Waals surface area contributed by atoms with Gasteiger partial charge < -0.3 is 5.32 Å². The molecule has 0 atom stereocenters. The Bertz CT molecular complexity index is 1020. The molecule has 0 bridgehead atoms. The summed E-state index contributed by atoms with van der Waals surface area (Å²) < 4.78 is 24.5. The van der Waals surface area contributed by atoms with Crippen molar-refractivity contribution in [2.75, 3.05) is 35.3 Å². The Kier molecular flexibility index (Phi) is 7.39. The molecule has 2 aromatic rings. The molecule has 0 unspecified atom stereocenters. The number of carbonyl (C=O) groups excluding carboxylic acids is 1. The third-order valence-electron chi connectivity index (χ3n) is 3.52. The highest BCUT2D eigenvalue weighted by Crippen LogP contribution is 2.16. The van der Waals surface area contributed by atoms with E-state index in [4.69, 9.17) is 0 Å². The van der Waals surface area contributed by atoms with Crippen molar-refractivity contribution in [3.63, 3.8) is 0 Å². The van der Waals surface area contributed by atoms with Crippen molar-refractivity contribution in [3.05, 3.63) is 48.3 Å². The topological polar surface area (TPSA) is 138 Å². The molecule has 0 aromatic carbocycles. The van der Waals surface area contributed by atoms with Crippen molar-refractivity contribution < 1.29 is 13.2 Å². The molecule has 11 heteroatoms. The standard InChI is InChI=1S/C18H23N7O3S/c1-5-13-10-16(20-11-14(13)6-2)24-18(26)25-17-22-12(3)9-15(23-17)19-7-8-21-29(4,27)28/h5-6,9-11,21H,1-2,7-8H2,3-4H3,(H3,19,20,22,23,24,25,26). The molecular weight excluding hydrogens is 394 g/mol. The molecule has 2 rings (SSSR count). The minimum absolute atomic E-state index is 0.0905. The predicted octanol–water partition coefficient (Wildman–Crippen LogP) is 2.07. The molecule has 0 saturated heterocycles. The average molecular weight is 417 g/mol. The lowest BCUT2D eigenvalue weighted by atomic mass is 10.1.